The van der Waals surface area contributed by atoms with Crippen LogP contribution in [0.4, 0.5) is 0 Å². The summed E-state index contributed by atoms with van der Waals surface area (Å²) in [6, 6.07) is 15.2. The largest absolute Gasteiger partial charge is 0.481 e. The van der Waals surface area contributed by atoms with Gasteiger partial charge in [0, 0.05) is 40.9 Å². The molecule has 3 N–H and O–H groups in total. The lowest BCUT2D eigenvalue weighted by Crippen LogP contribution is -2.21. The second kappa shape index (κ2) is 10.7. The van der Waals surface area contributed by atoms with E-state index in [9.17, 15) is 0 Å². The smallest absolute Gasteiger partial charge is 0.244 e. The zero-order chi connectivity index (χ0) is 25.9. The topological polar surface area (TPSA) is 108 Å². The normalized spacial score (nSPS) is 12.7. The van der Waals surface area contributed by atoms with Crippen molar-refractivity contribution in [2.45, 2.75) is 6.54 Å². The van der Waals surface area contributed by atoms with Crippen LogP contribution in [0.3, 0.4) is 0 Å². The number of aliphatic imine (C=N–C) groups is 1. The van der Waals surface area contributed by atoms with Gasteiger partial charge in [-0.25, -0.2) is 15.0 Å². The van der Waals surface area contributed by atoms with Gasteiger partial charge < -0.3 is 20.5 Å². The number of nitrogens with one attached hydrogen (secondary N) is 1. The quantitative estimate of drug-likeness (QED) is 0.343. The third kappa shape index (κ3) is 4.71. The van der Waals surface area contributed by atoms with Crippen LogP contribution < -0.4 is 20.5 Å². The number of hydrogen-bond donors (Lipinski definition) is 2. The van der Waals surface area contributed by atoms with Gasteiger partial charge in [-0.2, -0.15) is 0 Å². The van der Waals surface area contributed by atoms with Gasteiger partial charge >= 0.3 is 0 Å². The van der Waals surface area contributed by atoms with Crippen LogP contribution in [0, 0.1) is 0 Å². The summed E-state index contributed by atoms with van der Waals surface area (Å²) in [4.78, 5) is 18.2. The second-order valence-corrected chi connectivity index (χ2v) is 8.93. The molecule has 0 amide bonds. The molecule has 5 rings (SSSR count). The van der Waals surface area contributed by atoms with Gasteiger partial charge in [-0.05, 0) is 6.07 Å². The van der Waals surface area contributed by atoms with Crippen molar-refractivity contribution in [2.24, 2.45) is 10.7 Å². The summed E-state index contributed by atoms with van der Waals surface area (Å²) in [6.07, 6.45) is 1.67. The molecular weight excluding hydrogens is 511 g/mol. The van der Waals surface area contributed by atoms with Crippen LogP contribution in [0.2, 0.25) is 10.0 Å². The van der Waals surface area contributed by atoms with E-state index in [0.717, 1.165) is 28.8 Å². The minimum Gasteiger partial charge on any atom is -0.481 e. The van der Waals surface area contributed by atoms with Crippen molar-refractivity contribution >= 4 is 29.0 Å². The van der Waals surface area contributed by atoms with Crippen LogP contribution >= 0.6 is 23.2 Å². The molecule has 1 aliphatic heterocycles. The van der Waals surface area contributed by atoms with Crippen molar-refractivity contribution in [1.29, 1.82) is 0 Å². The number of halogens is 2. The van der Waals surface area contributed by atoms with Crippen molar-refractivity contribution in [2.75, 3.05) is 27.3 Å². The maximum absolute atomic E-state index is 6.95. The van der Waals surface area contributed by atoms with E-state index in [-0.39, 0.29) is 0 Å². The van der Waals surface area contributed by atoms with Crippen molar-refractivity contribution < 1.29 is 9.47 Å². The van der Waals surface area contributed by atoms with Crippen LogP contribution in [-0.4, -0.2) is 48.1 Å². The Hall–Kier alpha value is -3.72. The number of methoxy groups -OCH3 is 2. The van der Waals surface area contributed by atoms with Crippen molar-refractivity contribution in [3.05, 3.63) is 76.0 Å². The molecule has 10 heteroatoms. The first-order valence-electron chi connectivity index (χ1n) is 11.6. The van der Waals surface area contributed by atoms with Crippen LogP contribution in [-0.2, 0) is 6.54 Å². The standard InChI is InChI=1S/C27H24Cl2N6O2/c1-36-26-15(13-30)9-10-20(34-26)18-7-3-5-16(22(18)28)17-6-4-8-19(23(17)29)21-14-33-24(27(35-21)37-2)25-31-11-12-32-25/h3-10,14H,11-13,30H2,1-2H3,(H,31,32). The van der Waals surface area contributed by atoms with Gasteiger partial charge in [-0.1, -0.05) is 65.7 Å². The van der Waals surface area contributed by atoms with Gasteiger partial charge in [0.2, 0.25) is 11.8 Å². The zero-order valence-corrected chi connectivity index (χ0v) is 21.8. The third-order valence-electron chi connectivity index (χ3n) is 6.02. The fourth-order valence-corrected chi connectivity index (χ4v) is 4.84. The predicted molar refractivity (Wildman–Crippen MR) is 147 cm³/mol. The molecular formula is C27H24Cl2N6O2. The number of benzene rings is 2. The van der Waals surface area contributed by atoms with E-state index in [1.807, 2.05) is 48.5 Å². The number of ether oxygens (including phenoxy) is 2. The summed E-state index contributed by atoms with van der Waals surface area (Å²) < 4.78 is 10.9. The number of amidine groups is 1. The Bertz CT molecular complexity index is 1510. The summed E-state index contributed by atoms with van der Waals surface area (Å²) in [5.41, 5.74) is 11.4. The van der Waals surface area contributed by atoms with E-state index in [1.165, 1.54) is 0 Å². The lowest BCUT2D eigenvalue weighted by Gasteiger charge is -2.15. The minimum absolute atomic E-state index is 0.325. The Morgan fingerprint density at radius 1 is 0.838 bits per heavy atom. The Labute approximate surface area is 224 Å². The second-order valence-electron chi connectivity index (χ2n) is 8.17. The van der Waals surface area contributed by atoms with Gasteiger partial charge in [0.25, 0.3) is 0 Å². The molecule has 0 radical (unpaired) electrons. The summed E-state index contributed by atoms with van der Waals surface area (Å²) in [5.74, 6) is 1.51. The van der Waals surface area contributed by atoms with Crippen LogP contribution in [0.5, 0.6) is 11.8 Å². The van der Waals surface area contributed by atoms with Crippen molar-refractivity contribution in [3.63, 3.8) is 0 Å². The van der Waals surface area contributed by atoms with E-state index >= 15 is 0 Å². The maximum Gasteiger partial charge on any atom is 0.244 e. The Morgan fingerprint density at radius 3 is 2.05 bits per heavy atom. The third-order valence-corrected chi connectivity index (χ3v) is 6.84. The van der Waals surface area contributed by atoms with Crippen LogP contribution in [0.25, 0.3) is 33.6 Å². The Kier molecular flexibility index (Phi) is 7.23. The van der Waals surface area contributed by atoms with Gasteiger partial charge in [0.1, 0.15) is 0 Å². The highest BCUT2D eigenvalue weighted by Crippen LogP contribution is 2.42. The maximum atomic E-state index is 6.95. The average Bonchev–Trinajstić information content (AvgIpc) is 3.48. The fraction of sp³-hybridized carbons (Fsp3) is 0.185. The molecule has 0 atom stereocenters. The first-order valence-corrected chi connectivity index (χ1v) is 12.3. The van der Waals surface area contributed by atoms with Crippen molar-refractivity contribution in [1.82, 2.24) is 20.3 Å². The minimum atomic E-state index is 0.325. The van der Waals surface area contributed by atoms with E-state index in [2.05, 4.69) is 25.3 Å². The summed E-state index contributed by atoms with van der Waals surface area (Å²) in [6.45, 7) is 1.77. The highest BCUT2D eigenvalue weighted by atomic mass is 35.5. The predicted octanol–water partition coefficient (Wildman–Crippen LogP) is 5.01. The summed E-state index contributed by atoms with van der Waals surface area (Å²) >= 11 is 13.9. The molecule has 1 aliphatic rings. The molecule has 0 bridgehead atoms. The number of aromatic nitrogens is 3. The number of hydrogen-bond acceptors (Lipinski definition) is 8. The van der Waals surface area contributed by atoms with Crippen LogP contribution in [0.15, 0.2) is 59.7 Å². The Balaban J connectivity index is 1.57. The number of nitrogens with zero attached hydrogens (tertiary/aromatic N) is 4. The number of rotatable bonds is 7. The number of pyridine rings is 1. The molecule has 0 unspecified atom stereocenters. The van der Waals surface area contributed by atoms with E-state index < -0.39 is 0 Å². The monoisotopic (exact) mass is 534 g/mol. The molecule has 37 heavy (non-hydrogen) atoms. The SMILES string of the molecule is COc1nc(-c2cccc(-c3cccc(-c4cnc(C5=NCCN5)c(OC)n4)c3Cl)c2Cl)ccc1CN. The van der Waals surface area contributed by atoms with Gasteiger partial charge in [0.05, 0.1) is 48.4 Å². The van der Waals surface area contributed by atoms with Gasteiger partial charge in [-0.15, -0.1) is 0 Å². The first kappa shape index (κ1) is 25.0. The molecule has 0 fully saturated rings. The van der Waals surface area contributed by atoms with E-state index in [0.29, 0.717) is 63.4 Å². The van der Waals surface area contributed by atoms with Crippen LogP contribution in [0.1, 0.15) is 11.3 Å². The molecule has 0 saturated heterocycles. The molecule has 0 saturated carbocycles. The molecule has 2 aromatic heterocycles. The fourth-order valence-electron chi connectivity index (χ4n) is 4.19. The number of nitrogens with two attached hydrogens (primary N) is 1. The van der Waals surface area contributed by atoms with Crippen molar-refractivity contribution in [3.8, 4) is 45.4 Å². The van der Waals surface area contributed by atoms with Gasteiger partial charge in [-0.3, -0.25) is 4.99 Å². The molecule has 0 spiro atoms. The molecule has 8 nitrogen and oxygen atoms in total. The van der Waals surface area contributed by atoms with E-state index in [1.54, 1.807) is 20.4 Å². The molecule has 188 valence electrons. The summed E-state index contributed by atoms with van der Waals surface area (Å²) in [7, 11) is 3.12. The average molecular weight is 535 g/mol. The highest BCUT2D eigenvalue weighted by Gasteiger charge is 2.20. The Morgan fingerprint density at radius 2 is 1.46 bits per heavy atom. The zero-order valence-electron chi connectivity index (χ0n) is 20.3. The van der Waals surface area contributed by atoms with Gasteiger partial charge in [0.15, 0.2) is 11.5 Å². The highest BCUT2D eigenvalue weighted by molar-refractivity contribution is 6.39. The molecule has 2 aromatic carbocycles. The first-order chi connectivity index (χ1) is 18.0. The molecule has 0 aliphatic carbocycles. The van der Waals surface area contributed by atoms with E-state index in [4.69, 9.17) is 38.4 Å². The summed E-state index contributed by atoms with van der Waals surface area (Å²) in [5, 5.41) is 4.20. The molecule has 3 heterocycles. The lowest BCUT2D eigenvalue weighted by molar-refractivity contribution is 0.393. The lowest BCUT2D eigenvalue weighted by atomic mass is 9.98. The molecule has 4 aromatic rings.